The van der Waals surface area contributed by atoms with Gasteiger partial charge in [0.05, 0.1) is 35.4 Å². The number of hydrogen-bond donors (Lipinski definition) is 1. The topological polar surface area (TPSA) is 72.3 Å². The molecule has 1 unspecified atom stereocenters. The first-order chi connectivity index (χ1) is 9.58. The fraction of sp³-hybridized carbons (Fsp3) is 0.267. The number of rotatable bonds is 2. The molecule has 5 nitrogen and oxygen atoms in total. The quantitative estimate of drug-likeness (QED) is 0.847. The summed E-state index contributed by atoms with van der Waals surface area (Å²) in [6.45, 7) is 3.89. The third kappa shape index (κ3) is 1.96. The van der Waals surface area contributed by atoms with Crippen LogP contribution in [-0.2, 0) is 11.3 Å². The van der Waals surface area contributed by atoms with Crippen LogP contribution in [0.2, 0.25) is 0 Å². The summed E-state index contributed by atoms with van der Waals surface area (Å²) < 4.78 is 5.04. The molecule has 0 saturated heterocycles. The van der Waals surface area contributed by atoms with E-state index in [0.717, 1.165) is 16.7 Å². The molecule has 1 N–H and O–H groups in total. The highest BCUT2D eigenvalue weighted by molar-refractivity contribution is 5.94. The Kier molecular flexibility index (Phi) is 2.99. The molecule has 0 bridgehead atoms. The van der Waals surface area contributed by atoms with Crippen LogP contribution in [0.1, 0.15) is 40.2 Å². The number of ether oxygens (including phenoxy) is 1. The first-order valence-electron chi connectivity index (χ1n) is 6.38. The molecule has 5 heteroatoms. The van der Waals surface area contributed by atoms with Gasteiger partial charge in [-0.25, -0.2) is 9.78 Å². The van der Waals surface area contributed by atoms with E-state index in [4.69, 9.17) is 4.74 Å². The highest BCUT2D eigenvalue weighted by Crippen LogP contribution is 2.31. The van der Waals surface area contributed by atoms with Crippen LogP contribution < -0.4 is 0 Å². The van der Waals surface area contributed by atoms with E-state index in [-0.39, 0.29) is 5.97 Å². The Bertz CT molecular complexity index is 696. The van der Waals surface area contributed by atoms with Gasteiger partial charge in [-0.2, -0.15) is 0 Å². The van der Waals surface area contributed by atoms with Crippen molar-refractivity contribution < 1.29 is 14.6 Å². The van der Waals surface area contributed by atoms with E-state index in [9.17, 15) is 9.90 Å². The maximum atomic E-state index is 11.5. The molecule has 0 saturated carbocycles. The van der Waals surface area contributed by atoms with Crippen molar-refractivity contribution in [3.63, 3.8) is 0 Å². The second kappa shape index (κ2) is 4.68. The maximum Gasteiger partial charge on any atom is 0.338 e. The summed E-state index contributed by atoms with van der Waals surface area (Å²) in [5.74, 6) is -0.279. The maximum absolute atomic E-state index is 11.5. The smallest absolute Gasteiger partial charge is 0.338 e. The molecule has 2 aromatic rings. The number of nitrogens with zero attached hydrogens (tertiary/aromatic N) is 2. The molecular formula is C15H14N2O3. The van der Waals surface area contributed by atoms with Crippen molar-refractivity contribution in [3.05, 3.63) is 46.9 Å². The lowest BCUT2D eigenvalue weighted by atomic mass is 9.97. The number of carbonyl (C=O) groups excluding carboxylic acids is 1. The summed E-state index contributed by atoms with van der Waals surface area (Å²) in [6, 6.07) is 3.60. The predicted molar refractivity (Wildman–Crippen MR) is 72.0 cm³/mol. The molecular weight excluding hydrogens is 256 g/mol. The minimum atomic E-state index is -0.665. The zero-order valence-corrected chi connectivity index (χ0v) is 11.3. The lowest BCUT2D eigenvalue weighted by Gasteiger charge is -2.10. The summed E-state index contributed by atoms with van der Waals surface area (Å²) in [5.41, 5.74) is 4.59. The van der Waals surface area contributed by atoms with Gasteiger partial charge in [0.1, 0.15) is 6.61 Å². The fourth-order valence-corrected chi connectivity index (χ4v) is 2.34. The standard InChI is InChI=1S/C15H14N2O3/c1-8-10(3-4-11-12(8)7-20-15(11)19)14-6-16-5-13(17-14)9(2)18/h3-6,9,18H,7H2,1-2H3. The molecule has 1 aliphatic heterocycles. The van der Waals surface area contributed by atoms with Crippen LogP contribution in [0.3, 0.4) is 0 Å². The number of aliphatic hydroxyl groups excluding tert-OH is 1. The highest BCUT2D eigenvalue weighted by atomic mass is 16.5. The average Bonchev–Trinajstić information content (AvgIpc) is 2.82. The molecule has 2 heterocycles. The number of cyclic esters (lactones) is 1. The van der Waals surface area contributed by atoms with E-state index in [1.54, 1.807) is 25.4 Å². The molecule has 0 aliphatic carbocycles. The number of fused-ring (bicyclic) bond motifs is 1. The zero-order valence-electron chi connectivity index (χ0n) is 11.3. The molecule has 1 aliphatic rings. The molecule has 3 rings (SSSR count). The van der Waals surface area contributed by atoms with Crippen molar-refractivity contribution in [1.29, 1.82) is 0 Å². The summed E-state index contributed by atoms with van der Waals surface area (Å²) in [7, 11) is 0. The Hall–Kier alpha value is -2.27. The van der Waals surface area contributed by atoms with Crippen LogP contribution in [0.15, 0.2) is 24.5 Å². The van der Waals surface area contributed by atoms with E-state index < -0.39 is 6.10 Å². The normalized spacial score (nSPS) is 14.8. The summed E-state index contributed by atoms with van der Waals surface area (Å²) in [5, 5.41) is 9.59. The van der Waals surface area contributed by atoms with E-state index >= 15 is 0 Å². The second-order valence-electron chi connectivity index (χ2n) is 4.85. The van der Waals surface area contributed by atoms with Gasteiger partial charge in [-0.3, -0.25) is 4.98 Å². The number of esters is 1. The molecule has 1 aromatic carbocycles. The first kappa shape index (κ1) is 12.7. The molecule has 20 heavy (non-hydrogen) atoms. The fourth-order valence-electron chi connectivity index (χ4n) is 2.34. The zero-order chi connectivity index (χ0) is 14.3. The van der Waals surface area contributed by atoms with E-state index in [2.05, 4.69) is 9.97 Å². The Morgan fingerprint density at radius 3 is 2.80 bits per heavy atom. The lowest BCUT2D eigenvalue weighted by Crippen LogP contribution is -2.00. The number of benzene rings is 1. The first-order valence-corrected chi connectivity index (χ1v) is 6.38. The van der Waals surface area contributed by atoms with Crippen LogP contribution in [0.25, 0.3) is 11.3 Å². The Morgan fingerprint density at radius 1 is 1.30 bits per heavy atom. The van der Waals surface area contributed by atoms with Crippen molar-refractivity contribution in [2.24, 2.45) is 0 Å². The molecule has 0 fully saturated rings. The number of aromatic nitrogens is 2. The minimum Gasteiger partial charge on any atom is -0.457 e. The van der Waals surface area contributed by atoms with Gasteiger partial charge in [-0.15, -0.1) is 0 Å². The summed E-state index contributed by atoms with van der Waals surface area (Å²) in [4.78, 5) is 20.0. The van der Waals surface area contributed by atoms with E-state index in [0.29, 0.717) is 23.6 Å². The third-order valence-corrected chi connectivity index (χ3v) is 3.52. The van der Waals surface area contributed by atoms with Crippen molar-refractivity contribution >= 4 is 5.97 Å². The van der Waals surface area contributed by atoms with Gasteiger partial charge in [0, 0.05) is 11.1 Å². The van der Waals surface area contributed by atoms with Crippen LogP contribution in [0.5, 0.6) is 0 Å². The van der Waals surface area contributed by atoms with E-state index in [1.807, 2.05) is 13.0 Å². The van der Waals surface area contributed by atoms with Gasteiger partial charge < -0.3 is 9.84 Å². The van der Waals surface area contributed by atoms with Crippen molar-refractivity contribution in [1.82, 2.24) is 9.97 Å². The SMILES string of the molecule is Cc1c(-c2cncc(C(C)O)n2)ccc2c1COC2=O. The highest BCUT2D eigenvalue weighted by Gasteiger charge is 2.24. The van der Waals surface area contributed by atoms with Gasteiger partial charge in [0.25, 0.3) is 0 Å². The largest absolute Gasteiger partial charge is 0.457 e. The lowest BCUT2D eigenvalue weighted by molar-refractivity contribution is 0.0535. The van der Waals surface area contributed by atoms with Gasteiger partial charge in [-0.1, -0.05) is 6.07 Å². The van der Waals surface area contributed by atoms with Crippen molar-refractivity contribution in [3.8, 4) is 11.3 Å². The van der Waals surface area contributed by atoms with Gasteiger partial charge in [-0.05, 0) is 25.5 Å². The Balaban J connectivity index is 2.12. The van der Waals surface area contributed by atoms with Crippen LogP contribution >= 0.6 is 0 Å². The van der Waals surface area contributed by atoms with Crippen LogP contribution in [-0.4, -0.2) is 21.0 Å². The number of hydrogen-bond acceptors (Lipinski definition) is 5. The second-order valence-corrected chi connectivity index (χ2v) is 4.85. The average molecular weight is 270 g/mol. The van der Waals surface area contributed by atoms with E-state index in [1.165, 1.54) is 0 Å². The number of carbonyl (C=O) groups is 1. The number of aliphatic hydroxyl groups is 1. The predicted octanol–water partition coefficient (Wildman–Crippen LogP) is 2.18. The molecule has 0 radical (unpaired) electrons. The molecule has 0 spiro atoms. The molecule has 1 aromatic heterocycles. The van der Waals surface area contributed by atoms with Crippen LogP contribution in [0.4, 0.5) is 0 Å². The molecule has 102 valence electrons. The van der Waals surface area contributed by atoms with Crippen molar-refractivity contribution in [2.75, 3.05) is 0 Å². The Labute approximate surface area is 116 Å². The van der Waals surface area contributed by atoms with Gasteiger partial charge in [0.2, 0.25) is 0 Å². The van der Waals surface area contributed by atoms with Crippen molar-refractivity contribution in [2.45, 2.75) is 26.6 Å². The molecule has 1 atom stereocenters. The monoisotopic (exact) mass is 270 g/mol. The van der Waals surface area contributed by atoms with Gasteiger partial charge in [0.15, 0.2) is 0 Å². The van der Waals surface area contributed by atoms with Crippen LogP contribution in [0, 0.1) is 6.92 Å². The summed E-state index contributed by atoms with van der Waals surface area (Å²) in [6.07, 6.45) is 2.53. The Morgan fingerprint density at radius 2 is 2.05 bits per heavy atom. The third-order valence-electron chi connectivity index (χ3n) is 3.52. The summed E-state index contributed by atoms with van der Waals surface area (Å²) >= 11 is 0. The minimum absolute atomic E-state index is 0.279. The molecule has 0 amide bonds. The van der Waals surface area contributed by atoms with Gasteiger partial charge >= 0.3 is 5.97 Å².